The van der Waals surface area contributed by atoms with Crippen molar-refractivity contribution in [3.05, 3.63) is 35.4 Å². The Labute approximate surface area is 159 Å². The lowest BCUT2D eigenvalue weighted by Crippen LogP contribution is -2.51. The van der Waals surface area contributed by atoms with Crippen LogP contribution in [0, 0.1) is 5.92 Å². The van der Waals surface area contributed by atoms with Gasteiger partial charge in [0, 0.05) is 42.7 Å². The van der Waals surface area contributed by atoms with Crippen molar-refractivity contribution in [1.29, 1.82) is 0 Å². The number of benzene rings is 1. The summed E-state index contributed by atoms with van der Waals surface area (Å²) >= 11 is 3.98. The Balaban J connectivity index is 1.55. The fourth-order valence-corrected chi connectivity index (χ4v) is 6.20. The summed E-state index contributed by atoms with van der Waals surface area (Å²) in [5, 5.41) is 3.13. The molecular formula is C19H28N2O2S2. The summed E-state index contributed by atoms with van der Waals surface area (Å²) in [6.07, 6.45) is 0. The second-order valence-corrected chi connectivity index (χ2v) is 9.59. The Kier molecular flexibility index (Phi) is 7.10. The van der Waals surface area contributed by atoms with E-state index in [0.717, 1.165) is 31.9 Å². The summed E-state index contributed by atoms with van der Waals surface area (Å²) in [6.45, 7) is 8.60. The largest absolute Gasteiger partial charge is 0.379 e. The summed E-state index contributed by atoms with van der Waals surface area (Å²) in [4.78, 5) is 15.0. The number of amides is 1. The normalized spacial score (nSPS) is 20.8. The van der Waals surface area contributed by atoms with Crippen LogP contribution in [0.2, 0.25) is 0 Å². The number of carbonyl (C=O) groups is 1. The predicted octanol–water partition coefficient (Wildman–Crippen LogP) is 3.25. The maximum absolute atomic E-state index is 12.5. The highest BCUT2D eigenvalue weighted by Crippen LogP contribution is 2.45. The van der Waals surface area contributed by atoms with E-state index in [9.17, 15) is 4.79 Å². The van der Waals surface area contributed by atoms with Crippen LogP contribution in [0.3, 0.4) is 0 Å². The SMILES string of the molecule is CC(C)C(CNC(=O)c1ccc(C2SCCS2)cc1)N1CCOCC1. The van der Waals surface area contributed by atoms with Crippen molar-refractivity contribution >= 4 is 29.4 Å². The van der Waals surface area contributed by atoms with Gasteiger partial charge in [0.1, 0.15) is 0 Å². The number of nitrogens with zero attached hydrogens (tertiary/aromatic N) is 1. The van der Waals surface area contributed by atoms with Gasteiger partial charge in [-0.1, -0.05) is 26.0 Å². The molecule has 1 atom stereocenters. The van der Waals surface area contributed by atoms with Crippen molar-refractivity contribution in [1.82, 2.24) is 10.2 Å². The standard InChI is InChI=1S/C19H28N2O2S2/c1-14(2)17(21-7-9-23-10-8-21)13-20-18(22)15-3-5-16(6-4-15)19-24-11-12-25-19/h3-6,14,17,19H,7-13H2,1-2H3,(H,20,22). The van der Waals surface area contributed by atoms with Gasteiger partial charge >= 0.3 is 0 Å². The van der Waals surface area contributed by atoms with Crippen LogP contribution in [0.15, 0.2) is 24.3 Å². The molecule has 0 bridgehead atoms. The second kappa shape index (κ2) is 9.31. The van der Waals surface area contributed by atoms with Gasteiger partial charge in [-0.2, -0.15) is 0 Å². The fraction of sp³-hybridized carbons (Fsp3) is 0.632. The quantitative estimate of drug-likeness (QED) is 0.820. The van der Waals surface area contributed by atoms with Crippen LogP contribution in [-0.4, -0.2) is 61.2 Å². The lowest BCUT2D eigenvalue weighted by molar-refractivity contribution is 0.00673. The first kappa shape index (κ1) is 19.1. The molecule has 3 rings (SSSR count). The van der Waals surface area contributed by atoms with Crippen LogP contribution < -0.4 is 5.32 Å². The van der Waals surface area contributed by atoms with Crippen molar-refractivity contribution in [2.45, 2.75) is 24.5 Å². The van der Waals surface area contributed by atoms with E-state index < -0.39 is 0 Å². The summed E-state index contributed by atoms with van der Waals surface area (Å²) < 4.78 is 5.98. The molecule has 4 nitrogen and oxygen atoms in total. The lowest BCUT2D eigenvalue weighted by atomic mass is 10.0. The molecule has 1 N–H and O–H groups in total. The Morgan fingerprint density at radius 3 is 2.44 bits per heavy atom. The monoisotopic (exact) mass is 380 g/mol. The van der Waals surface area contributed by atoms with Gasteiger partial charge in [0.05, 0.1) is 17.8 Å². The minimum Gasteiger partial charge on any atom is -0.379 e. The zero-order valence-corrected chi connectivity index (χ0v) is 16.7. The molecule has 138 valence electrons. The van der Waals surface area contributed by atoms with Crippen LogP contribution in [0.25, 0.3) is 0 Å². The fourth-order valence-electron chi connectivity index (χ4n) is 3.34. The molecule has 0 saturated carbocycles. The summed E-state index contributed by atoms with van der Waals surface area (Å²) in [6, 6.07) is 8.49. The molecule has 6 heteroatoms. The summed E-state index contributed by atoms with van der Waals surface area (Å²) in [7, 11) is 0. The Morgan fingerprint density at radius 2 is 1.84 bits per heavy atom. The molecule has 0 aliphatic carbocycles. The molecule has 0 radical (unpaired) electrons. The first-order valence-corrected chi connectivity index (χ1v) is 11.2. The molecule has 1 aromatic carbocycles. The highest BCUT2D eigenvalue weighted by Gasteiger charge is 2.24. The number of morpholine rings is 1. The molecule has 1 aromatic rings. The van der Waals surface area contributed by atoms with E-state index in [1.54, 1.807) is 0 Å². The molecule has 2 heterocycles. The van der Waals surface area contributed by atoms with Crippen molar-refractivity contribution in [2.24, 2.45) is 5.92 Å². The molecule has 1 amide bonds. The van der Waals surface area contributed by atoms with Gasteiger partial charge in [-0.3, -0.25) is 9.69 Å². The molecule has 25 heavy (non-hydrogen) atoms. The smallest absolute Gasteiger partial charge is 0.251 e. The third kappa shape index (κ3) is 5.16. The Hall–Kier alpha value is -0.690. The van der Waals surface area contributed by atoms with Crippen LogP contribution >= 0.6 is 23.5 Å². The number of carbonyl (C=O) groups excluding carboxylic acids is 1. The molecule has 2 saturated heterocycles. The summed E-state index contributed by atoms with van der Waals surface area (Å²) in [5.41, 5.74) is 2.07. The van der Waals surface area contributed by atoms with E-state index in [4.69, 9.17) is 4.74 Å². The van der Waals surface area contributed by atoms with Crippen LogP contribution in [0.1, 0.15) is 34.4 Å². The van der Waals surface area contributed by atoms with E-state index in [0.29, 0.717) is 23.1 Å². The minimum absolute atomic E-state index is 0.0252. The summed E-state index contributed by atoms with van der Waals surface area (Å²) in [5.74, 6) is 2.96. The highest BCUT2D eigenvalue weighted by atomic mass is 32.2. The maximum atomic E-state index is 12.5. The van der Waals surface area contributed by atoms with Crippen LogP contribution in [0.5, 0.6) is 0 Å². The second-order valence-electron chi connectivity index (χ2n) is 6.87. The molecule has 1 unspecified atom stereocenters. The van der Waals surface area contributed by atoms with E-state index in [2.05, 4.69) is 36.2 Å². The zero-order valence-electron chi connectivity index (χ0n) is 15.1. The molecule has 2 aliphatic rings. The Bertz CT molecular complexity index is 553. The third-order valence-corrected chi connectivity index (χ3v) is 7.93. The lowest BCUT2D eigenvalue weighted by Gasteiger charge is -2.36. The van der Waals surface area contributed by atoms with Gasteiger partial charge in [-0.05, 0) is 23.6 Å². The number of nitrogens with one attached hydrogen (secondary N) is 1. The van der Waals surface area contributed by atoms with E-state index in [-0.39, 0.29) is 5.91 Å². The van der Waals surface area contributed by atoms with Crippen LogP contribution in [-0.2, 0) is 4.74 Å². The zero-order chi connectivity index (χ0) is 17.6. The van der Waals surface area contributed by atoms with Gasteiger partial charge in [0.2, 0.25) is 0 Å². The van der Waals surface area contributed by atoms with Crippen molar-refractivity contribution in [3.63, 3.8) is 0 Å². The van der Waals surface area contributed by atoms with Crippen molar-refractivity contribution < 1.29 is 9.53 Å². The number of thioether (sulfide) groups is 2. The third-order valence-electron chi connectivity index (χ3n) is 4.82. The maximum Gasteiger partial charge on any atom is 0.251 e. The number of rotatable bonds is 6. The first-order chi connectivity index (χ1) is 12.1. The Morgan fingerprint density at radius 1 is 1.20 bits per heavy atom. The minimum atomic E-state index is 0.0252. The molecule has 0 spiro atoms. The van der Waals surface area contributed by atoms with E-state index in [1.807, 2.05) is 35.7 Å². The number of hydrogen-bond acceptors (Lipinski definition) is 5. The number of hydrogen-bond donors (Lipinski definition) is 1. The topological polar surface area (TPSA) is 41.6 Å². The predicted molar refractivity (Wildman–Crippen MR) is 107 cm³/mol. The molecule has 2 aliphatic heterocycles. The average molecular weight is 381 g/mol. The van der Waals surface area contributed by atoms with Crippen molar-refractivity contribution in [2.75, 3.05) is 44.4 Å². The van der Waals surface area contributed by atoms with Crippen LogP contribution in [0.4, 0.5) is 0 Å². The number of ether oxygens (including phenoxy) is 1. The van der Waals surface area contributed by atoms with E-state index >= 15 is 0 Å². The van der Waals surface area contributed by atoms with Gasteiger partial charge in [0.25, 0.3) is 5.91 Å². The average Bonchev–Trinajstić information content (AvgIpc) is 3.17. The van der Waals surface area contributed by atoms with Gasteiger partial charge in [-0.25, -0.2) is 0 Å². The van der Waals surface area contributed by atoms with Gasteiger partial charge in [-0.15, -0.1) is 23.5 Å². The van der Waals surface area contributed by atoms with Gasteiger partial charge in [0.15, 0.2) is 0 Å². The van der Waals surface area contributed by atoms with Gasteiger partial charge < -0.3 is 10.1 Å². The van der Waals surface area contributed by atoms with Crippen molar-refractivity contribution in [3.8, 4) is 0 Å². The highest BCUT2D eigenvalue weighted by molar-refractivity contribution is 8.19. The molecule has 0 aromatic heterocycles. The first-order valence-electron chi connectivity index (χ1n) is 9.08. The van der Waals surface area contributed by atoms with E-state index in [1.165, 1.54) is 17.1 Å². The molecular weight excluding hydrogens is 352 g/mol. The molecule has 2 fully saturated rings.